The highest BCUT2D eigenvalue weighted by molar-refractivity contribution is 6.32. The first-order valence-corrected chi connectivity index (χ1v) is 27.8. The lowest BCUT2D eigenvalue weighted by Gasteiger charge is -2.12. The van der Waals surface area contributed by atoms with Gasteiger partial charge in [0, 0.05) is 17.8 Å². The van der Waals surface area contributed by atoms with E-state index in [0.717, 1.165) is 64.7 Å². The number of terminal acetylenes is 1. The van der Waals surface area contributed by atoms with E-state index in [1.807, 2.05) is 143 Å². The van der Waals surface area contributed by atoms with Crippen LogP contribution in [0.2, 0.25) is 15.5 Å². The molecule has 17 heteroatoms. The average Bonchev–Trinajstić information content (AvgIpc) is 4.63. The van der Waals surface area contributed by atoms with Gasteiger partial charge in [0.15, 0.2) is 38.4 Å². The van der Waals surface area contributed by atoms with Crippen LogP contribution in [0.15, 0.2) is 140 Å². The summed E-state index contributed by atoms with van der Waals surface area (Å²) in [4.78, 5) is 36.6. The molecule has 3 fully saturated rings. The Morgan fingerprint density at radius 1 is 0.562 bits per heavy atom. The van der Waals surface area contributed by atoms with E-state index < -0.39 is 5.97 Å². The van der Waals surface area contributed by atoms with Gasteiger partial charge in [0.25, 0.3) is 0 Å². The zero-order valence-electron chi connectivity index (χ0n) is 44.6. The van der Waals surface area contributed by atoms with Crippen molar-refractivity contribution in [3.63, 3.8) is 0 Å². The van der Waals surface area contributed by atoms with Crippen LogP contribution in [-0.4, -0.2) is 61.4 Å². The molecule has 3 aliphatic rings. The molecule has 0 radical (unpaired) electrons. The Balaban J connectivity index is 0.000000139. The lowest BCUT2D eigenvalue weighted by Crippen LogP contribution is -2.06. The fraction of sp³-hybridized carbons (Fsp3) is 0.286. The molecule has 0 unspecified atom stereocenters. The smallest absolute Gasteiger partial charge is 0.361 e. The van der Waals surface area contributed by atoms with E-state index in [9.17, 15) is 14.4 Å². The molecule has 9 aromatic rings. The van der Waals surface area contributed by atoms with Crippen LogP contribution in [0, 0.1) is 18.3 Å². The van der Waals surface area contributed by atoms with E-state index in [1.54, 1.807) is 26.0 Å². The van der Waals surface area contributed by atoms with E-state index in [-0.39, 0.29) is 29.4 Å². The number of nitrogens with zero attached hydrogens (tertiary/aromatic N) is 5. The molecule has 0 spiro atoms. The molecule has 0 atom stereocenters. The number of benzene rings is 3. The molecule has 3 aliphatic carbocycles. The zero-order chi connectivity index (χ0) is 56.1. The Morgan fingerprint density at radius 2 is 1.04 bits per heavy atom. The maximum absolute atomic E-state index is 12.5. The predicted molar refractivity (Wildman–Crippen MR) is 309 cm³/mol. The second-order valence-corrected chi connectivity index (χ2v) is 20.2. The minimum Gasteiger partial charge on any atom is -0.486 e. The summed E-state index contributed by atoms with van der Waals surface area (Å²) in [7, 11) is 0. The molecular weight excluding hydrogens is 1080 g/mol. The van der Waals surface area contributed by atoms with Crippen molar-refractivity contribution in [1.82, 2.24) is 23.6 Å². The van der Waals surface area contributed by atoms with Crippen molar-refractivity contribution < 1.29 is 42.8 Å². The maximum Gasteiger partial charge on any atom is 0.361 e. The van der Waals surface area contributed by atoms with Crippen molar-refractivity contribution in [3.05, 3.63) is 200 Å². The number of fused-ring (bicyclic) bond motifs is 3. The largest absolute Gasteiger partial charge is 0.486 e. The van der Waals surface area contributed by atoms with Gasteiger partial charge in [-0.25, -0.2) is 14.4 Å². The summed E-state index contributed by atoms with van der Waals surface area (Å²) in [5.74, 6) is 4.69. The van der Waals surface area contributed by atoms with Gasteiger partial charge in [0.05, 0.1) is 42.0 Å². The van der Waals surface area contributed by atoms with Crippen LogP contribution in [0.3, 0.4) is 0 Å². The molecule has 0 saturated heterocycles. The van der Waals surface area contributed by atoms with Crippen LogP contribution >= 0.6 is 34.8 Å². The molecule has 0 aliphatic heterocycles. The summed E-state index contributed by atoms with van der Waals surface area (Å²) >= 11 is 19.5. The minimum atomic E-state index is -0.531. The van der Waals surface area contributed by atoms with E-state index in [0.29, 0.717) is 95.0 Å². The van der Waals surface area contributed by atoms with Crippen LogP contribution in [0.4, 0.5) is 0 Å². The van der Waals surface area contributed by atoms with Gasteiger partial charge in [0.2, 0.25) is 0 Å². The van der Waals surface area contributed by atoms with Crippen LogP contribution < -0.4 is 14.2 Å². The Kier molecular flexibility index (Phi) is 19.0. The highest BCUT2D eigenvalue weighted by atomic mass is 35.5. The lowest BCUT2D eigenvalue weighted by molar-refractivity contribution is 0.0514. The third-order valence-electron chi connectivity index (χ3n) is 13.2. The monoisotopic (exact) mass is 1140 g/mol. The van der Waals surface area contributed by atoms with Gasteiger partial charge in [-0.15, -0.1) is 17.4 Å². The number of pyridine rings is 3. The molecule has 14 nitrogen and oxygen atoms in total. The van der Waals surface area contributed by atoms with E-state index in [2.05, 4.69) is 16.2 Å². The number of ether oxygens (including phenoxy) is 6. The fourth-order valence-electron chi connectivity index (χ4n) is 8.69. The molecular formula is C63H60Cl3N5O9. The number of hydrogen-bond acceptors (Lipinski definition) is 11. The van der Waals surface area contributed by atoms with Gasteiger partial charge >= 0.3 is 17.9 Å². The molecule has 6 heterocycles. The summed E-state index contributed by atoms with van der Waals surface area (Å²) in [6.07, 6.45) is 13.9. The number of carbonyl (C=O) groups excluding carboxylic acids is 3. The maximum atomic E-state index is 12.5. The number of esters is 3. The molecule has 3 aromatic carbocycles. The summed E-state index contributed by atoms with van der Waals surface area (Å²) in [5, 5.41) is 8.94. The quantitative estimate of drug-likeness (QED) is 0.0372. The third-order valence-corrected chi connectivity index (χ3v) is 14.3. The van der Waals surface area contributed by atoms with Crippen LogP contribution in [-0.2, 0) is 34.0 Å². The zero-order valence-corrected chi connectivity index (χ0v) is 46.9. The highest BCUT2D eigenvalue weighted by Gasteiger charge is 2.33. The van der Waals surface area contributed by atoms with Gasteiger partial charge in [-0.2, -0.15) is 4.52 Å². The molecule has 12 rings (SSSR count). The Bertz CT molecular complexity index is 3630. The van der Waals surface area contributed by atoms with Gasteiger partial charge in [-0.3, -0.25) is 0 Å². The van der Waals surface area contributed by atoms with Gasteiger partial charge in [0.1, 0.15) is 25.3 Å². The molecule has 0 N–H and O–H groups in total. The fourth-order valence-corrected chi connectivity index (χ4v) is 9.50. The lowest BCUT2D eigenvalue weighted by atomic mass is 10.1. The number of rotatable bonds is 17. The number of hydrogen-bond donors (Lipinski definition) is 0. The normalized spacial score (nSPS) is 13.4. The highest BCUT2D eigenvalue weighted by Crippen LogP contribution is 2.46. The minimum absolute atomic E-state index is 0.128. The number of carbonyl (C=O) groups is 3. The van der Waals surface area contributed by atoms with Crippen LogP contribution in [0.5, 0.6) is 17.2 Å². The van der Waals surface area contributed by atoms with Crippen molar-refractivity contribution in [2.24, 2.45) is 5.92 Å². The van der Waals surface area contributed by atoms with Crippen molar-refractivity contribution in [3.8, 4) is 29.6 Å². The predicted octanol–water partition coefficient (Wildman–Crippen LogP) is 14.6. The Morgan fingerprint density at radius 3 is 1.52 bits per heavy atom. The molecule has 0 amide bonds. The third kappa shape index (κ3) is 13.9. The van der Waals surface area contributed by atoms with Crippen molar-refractivity contribution in [2.75, 3.05) is 19.8 Å². The first-order valence-electron chi connectivity index (χ1n) is 26.7. The van der Waals surface area contributed by atoms with Crippen molar-refractivity contribution >= 4 is 69.3 Å². The first-order chi connectivity index (χ1) is 39.0. The van der Waals surface area contributed by atoms with Crippen LogP contribution in [0.25, 0.3) is 16.6 Å². The molecule has 0 bridgehead atoms. The van der Waals surface area contributed by atoms with Gasteiger partial charge in [-0.1, -0.05) is 131 Å². The SMILES string of the molecule is C#CC1CC1.CCOC(=O)c1c(C2CC2)cn2c(Cl)c(OCc3ccccc3)ccc12.CCOC(=O)c1cc(C2CC2)n2c(Cl)c(OCc3ccccc3)ccc12.CCOC(=O)c1nnn2c(Cl)c(OCc3ccccc3)ccc12. The topological polar surface area (TPSA) is 146 Å². The average molecular weight is 1140 g/mol. The number of aromatic nitrogens is 5. The van der Waals surface area contributed by atoms with Gasteiger partial charge in [-0.05, 0) is 136 Å². The Labute approximate surface area is 479 Å². The summed E-state index contributed by atoms with van der Waals surface area (Å²) < 4.78 is 38.1. The van der Waals surface area contributed by atoms with Crippen molar-refractivity contribution in [2.45, 2.75) is 91.0 Å². The van der Waals surface area contributed by atoms with Crippen molar-refractivity contribution in [1.29, 1.82) is 0 Å². The summed E-state index contributed by atoms with van der Waals surface area (Å²) in [6, 6.07) is 42.3. The van der Waals surface area contributed by atoms with E-state index >= 15 is 0 Å². The van der Waals surface area contributed by atoms with Gasteiger partial charge < -0.3 is 37.2 Å². The summed E-state index contributed by atoms with van der Waals surface area (Å²) in [6.45, 7) is 7.58. The second-order valence-electron chi connectivity index (χ2n) is 19.1. The molecule has 80 heavy (non-hydrogen) atoms. The molecule has 6 aromatic heterocycles. The summed E-state index contributed by atoms with van der Waals surface area (Å²) in [5.41, 5.74) is 8.57. The number of halogens is 3. The first kappa shape index (κ1) is 56.7. The standard InChI is InChI=1S/2C21H20ClNO3.C16H14ClN3O3.C5H6/c1-2-25-21(24)16-12-18(15-8-9-15)23-17(16)10-11-19(20(23)22)26-13-14-6-4-3-5-7-14;1-2-25-21(24)19-16(15-8-9-15)12-23-17(19)10-11-18(20(23)22)26-13-14-6-4-3-5-7-14;1-2-22-16(21)14-12-8-9-13(15(17)20(12)19-18-14)23-10-11-6-4-3-5-7-11;1-2-5-3-4-5/h2*3-7,10-12,15H,2,8-9,13H2,1H3;3-9H,2,10H2,1H3;1,5H,3-4H2. The molecule has 3 saturated carbocycles. The van der Waals surface area contributed by atoms with E-state index in [4.69, 9.17) is 69.6 Å². The molecule has 412 valence electrons. The van der Waals surface area contributed by atoms with E-state index in [1.165, 1.54) is 17.4 Å². The second kappa shape index (κ2) is 26.8. The Hall–Kier alpha value is -7.96. The van der Waals surface area contributed by atoms with Crippen LogP contribution in [0.1, 0.15) is 130 Å².